The van der Waals surface area contributed by atoms with Crippen molar-refractivity contribution in [2.75, 3.05) is 19.1 Å². The summed E-state index contributed by atoms with van der Waals surface area (Å²) in [5.74, 6) is 0.325. The summed E-state index contributed by atoms with van der Waals surface area (Å²) in [6, 6.07) is 12.9. The monoisotopic (exact) mass is 474 g/mol. The van der Waals surface area contributed by atoms with Gasteiger partial charge < -0.3 is 14.8 Å². The molecule has 1 N–H and O–H groups in total. The molecule has 4 rings (SSSR count). The number of nitrogens with one attached hydrogen (secondary N) is 1. The number of hydrogen-bond donors (Lipinski definition) is 1. The Balaban J connectivity index is 1.84. The average molecular weight is 475 g/mol. The first kappa shape index (κ1) is 24.2. The Morgan fingerprint density at radius 2 is 1.83 bits per heavy atom. The quantitative estimate of drug-likeness (QED) is 0.522. The van der Waals surface area contributed by atoms with Crippen LogP contribution in [-0.2, 0) is 4.79 Å². The van der Waals surface area contributed by atoms with Gasteiger partial charge in [0.05, 0.1) is 26.1 Å². The second-order valence-corrected chi connectivity index (χ2v) is 8.46. The minimum absolute atomic E-state index is 0.0590. The Hall–Kier alpha value is -3.94. The maximum atomic E-state index is 14.0. The zero-order chi connectivity index (χ0) is 24.6. The van der Waals surface area contributed by atoms with E-state index in [-0.39, 0.29) is 17.6 Å². The molecule has 0 spiro atoms. The van der Waals surface area contributed by atoms with Crippen molar-refractivity contribution in [2.45, 2.75) is 44.2 Å². The third-order valence-corrected chi connectivity index (χ3v) is 6.22. The number of pyridine rings is 2. The van der Waals surface area contributed by atoms with E-state index in [0.29, 0.717) is 22.7 Å². The highest BCUT2D eigenvalue weighted by molar-refractivity contribution is 6.09. The maximum Gasteiger partial charge on any atom is 0.277 e. The molecule has 0 unspecified atom stereocenters. The van der Waals surface area contributed by atoms with Gasteiger partial charge in [0.2, 0.25) is 5.91 Å². The van der Waals surface area contributed by atoms with E-state index in [2.05, 4.69) is 15.3 Å². The van der Waals surface area contributed by atoms with Crippen molar-refractivity contribution < 1.29 is 19.1 Å². The van der Waals surface area contributed by atoms with Crippen molar-refractivity contribution >= 4 is 17.5 Å². The van der Waals surface area contributed by atoms with Crippen LogP contribution in [0.4, 0.5) is 5.69 Å². The van der Waals surface area contributed by atoms with Crippen molar-refractivity contribution in [3.05, 3.63) is 78.4 Å². The SMILES string of the molecule is COc1ccc([C@H](C(=O)NC2CCCCC2)N(C(=O)c2ccccn2)c2cccnc2)c(OC)c1. The van der Waals surface area contributed by atoms with Crippen LogP contribution < -0.4 is 19.7 Å². The van der Waals surface area contributed by atoms with Crippen molar-refractivity contribution in [3.8, 4) is 11.5 Å². The predicted molar refractivity (Wildman–Crippen MR) is 133 cm³/mol. The number of benzene rings is 1. The minimum Gasteiger partial charge on any atom is -0.497 e. The number of hydrogen-bond acceptors (Lipinski definition) is 6. The fourth-order valence-electron chi connectivity index (χ4n) is 4.46. The van der Waals surface area contributed by atoms with Crippen LogP contribution >= 0.6 is 0 Å². The first-order valence-corrected chi connectivity index (χ1v) is 11.8. The molecule has 1 fully saturated rings. The van der Waals surface area contributed by atoms with Gasteiger partial charge in [-0.05, 0) is 49.2 Å². The van der Waals surface area contributed by atoms with E-state index in [1.165, 1.54) is 18.4 Å². The molecule has 1 saturated carbocycles. The van der Waals surface area contributed by atoms with Crippen LogP contribution in [0.5, 0.6) is 11.5 Å². The lowest BCUT2D eigenvalue weighted by atomic mass is 9.94. The van der Waals surface area contributed by atoms with Crippen LogP contribution in [0.3, 0.4) is 0 Å². The summed E-state index contributed by atoms with van der Waals surface area (Å²) in [5, 5.41) is 3.19. The molecule has 1 atom stereocenters. The van der Waals surface area contributed by atoms with Gasteiger partial charge in [-0.1, -0.05) is 25.3 Å². The van der Waals surface area contributed by atoms with Crippen LogP contribution in [0.2, 0.25) is 0 Å². The van der Waals surface area contributed by atoms with Gasteiger partial charge in [-0.15, -0.1) is 0 Å². The van der Waals surface area contributed by atoms with E-state index in [9.17, 15) is 9.59 Å². The molecule has 0 saturated heterocycles. The number of anilines is 1. The topological polar surface area (TPSA) is 93.7 Å². The van der Waals surface area contributed by atoms with E-state index < -0.39 is 11.9 Å². The first-order valence-electron chi connectivity index (χ1n) is 11.8. The Kier molecular flexibility index (Phi) is 7.92. The van der Waals surface area contributed by atoms with Crippen LogP contribution in [0, 0.1) is 0 Å². The molecule has 3 aromatic rings. The van der Waals surface area contributed by atoms with E-state index in [0.717, 1.165) is 25.7 Å². The minimum atomic E-state index is -1.02. The molecule has 0 aliphatic heterocycles. The lowest BCUT2D eigenvalue weighted by Gasteiger charge is -2.33. The molecule has 8 heteroatoms. The van der Waals surface area contributed by atoms with Crippen LogP contribution in [-0.4, -0.2) is 42.0 Å². The zero-order valence-corrected chi connectivity index (χ0v) is 20.0. The lowest BCUT2D eigenvalue weighted by Crippen LogP contribution is -2.47. The first-order chi connectivity index (χ1) is 17.1. The van der Waals surface area contributed by atoms with Crippen molar-refractivity contribution in [2.24, 2.45) is 0 Å². The summed E-state index contributed by atoms with van der Waals surface area (Å²) in [4.78, 5) is 37.7. The summed E-state index contributed by atoms with van der Waals surface area (Å²) in [6.07, 6.45) is 9.89. The van der Waals surface area contributed by atoms with E-state index >= 15 is 0 Å². The summed E-state index contributed by atoms with van der Waals surface area (Å²) >= 11 is 0. The number of ether oxygens (including phenoxy) is 2. The van der Waals surface area contributed by atoms with Gasteiger partial charge in [0, 0.05) is 30.1 Å². The van der Waals surface area contributed by atoms with Gasteiger partial charge in [0.1, 0.15) is 23.2 Å². The number of amides is 2. The third-order valence-electron chi connectivity index (χ3n) is 6.22. The van der Waals surface area contributed by atoms with Gasteiger partial charge in [-0.3, -0.25) is 24.5 Å². The highest BCUT2D eigenvalue weighted by atomic mass is 16.5. The number of nitrogens with zero attached hydrogens (tertiary/aromatic N) is 3. The Labute approximate surface area is 205 Å². The molecule has 182 valence electrons. The number of aromatic nitrogens is 2. The lowest BCUT2D eigenvalue weighted by molar-refractivity contribution is -0.123. The molecule has 2 aromatic heterocycles. The second kappa shape index (κ2) is 11.5. The number of methoxy groups -OCH3 is 2. The van der Waals surface area contributed by atoms with E-state index in [1.54, 1.807) is 74.2 Å². The van der Waals surface area contributed by atoms with Crippen LogP contribution in [0.25, 0.3) is 0 Å². The van der Waals surface area contributed by atoms with Gasteiger partial charge in [0.15, 0.2) is 0 Å². The molecule has 1 aromatic carbocycles. The molecule has 2 heterocycles. The summed E-state index contributed by atoms with van der Waals surface area (Å²) < 4.78 is 11.0. The molecule has 1 aliphatic rings. The fraction of sp³-hybridized carbons (Fsp3) is 0.333. The summed E-state index contributed by atoms with van der Waals surface area (Å²) in [6.45, 7) is 0. The molecular weight excluding hydrogens is 444 g/mol. The molecule has 8 nitrogen and oxygen atoms in total. The molecule has 0 radical (unpaired) electrons. The van der Waals surface area contributed by atoms with Crippen LogP contribution in [0.1, 0.15) is 54.2 Å². The predicted octanol–water partition coefficient (Wildman–Crippen LogP) is 4.33. The standard InChI is InChI=1S/C27H30N4O4/c1-34-21-13-14-22(24(17-21)35-2)25(26(32)30-19-9-4-3-5-10-19)31(20-11-8-15-28-18-20)27(33)23-12-6-7-16-29-23/h6-8,11-19,25H,3-5,9-10H2,1-2H3,(H,30,32)/t25-/m1/s1. The maximum absolute atomic E-state index is 14.0. The average Bonchev–Trinajstić information content (AvgIpc) is 2.92. The smallest absolute Gasteiger partial charge is 0.277 e. The van der Waals surface area contributed by atoms with Gasteiger partial charge in [0.25, 0.3) is 5.91 Å². The third kappa shape index (κ3) is 5.59. The molecule has 0 bridgehead atoms. The Morgan fingerprint density at radius 1 is 1.00 bits per heavy atom. The number of carbonyl (C=O) groups excluding carboxylic acids is 2. The highest BCUT2D eigenvalue weighted by Gasteiger charge is 2.37. The van der Waals surface area contributed by atoms with E-state index in [1.807, 2.05) is 0 Å². The zero-order valence-electron chi connectivity index (χ0n) is 20.0. The van der Waals surface area contributed by atoms with E-state index in [4.69, 9.17) is 9.47 Å². The summed E-state index contributed by atoms with van der Waals surface area (Å²) in [7, 11) is 3.09. The van der Waals surface area contributed by atoms with Gasteiger partial charge >= 0.3 is 0 Å². The highest BCUT2D eigenvalue weighted by Crippen LogP contribution is 2.36. The van der Waals surface area contributed by atoms with Crippen molar-refractivity contribution in [3.63, 3.8) is 0 Å². The van der Waals surface area contributed by atoms with Crippen molar-refractivity contribution in [1.29, 1.82) is 0 Å². The Bertz CT molecular complexity index is 1130. The normalized spacial score (nSPS) is 14.6. The molecule has 1 aliphatic carbocycles. The van der Waals surface area contributed by atoms with Gasteiger partial charge in [-0.2, -0.15) is 0 Å². The number of carbonyl (C=O) groups is 2. The summed E-state index contributed by atoms with van der Waals surface area (Å²) in [5.41, 5.74) is 1.24. The second-order valence-electron chi connectivity index (χ2n) is 8.46. The van der Waals surface area contributed by atoms with Crippen LogP contribution in [0.15, 0.2) is 67.1 Å². The molecule has 2 amide bonds. The van der Waals surface area contributed by atoms with Crippen molar-refractivity contribution in [1.82, 2.24) is 15.3 Å². The number of rotatable bonds is 8. The van der Waals surface area contributed by atoms with Gasteiger partial charge in [-0.25, -0.2) is 0 Å². The Morgan fingerprint density at radius 3 is 2.49 bits per heavy atom. The largest absolute Gasteiger partial charge is 0.497 e. The molecule has 35 heavy (non-hydrogen) atoms. The fourth-order valence-corrected chi connectivity index (χ4v) is 4.46. The molecular formula is C27H30N4O4.